The summed E-state index contributed by atoms with van der Waals surface area (Å²) in [5, 5.41) is 8.91. The molecule has 3 heterocycles. The van der Waals surface area contributed by atoms with E-state index in [9.17, 15) is 19.2 Å². The molecule has 0 aromatic carbocycles. The summed E-state index contributed by atoms with van der Waals surface area (Å²) in [7, 11) is 5.41. The summed E-state index contributed by atoms with van der Waals surface area (Å²) in [6, 6.07) is 1.95. The standard InChI is InChI=1S/C24H30ClN7O4S/c1-31(2)24(36)13-4-6-15(27-20(33)21(34)30-19-7-5-14(25)11-26-19)17(10-13)28-22(35)23-29-16-8-9-32(3)12-18(16)37-23/h5,7,11,13,15,17H,4,6,8-10,12H2,1-3H3,(H,27,33)(H,28,35)(H,26,30,34)/t13-,15+,17+/m0/s1. The molecule has 0 radical (unpaired) electrons. The van der Waals surface area contributed by atoms with Crippen molar-refractivity contribution < 1.29 is 19.2 Å². The van der Waals surface area contributed by atoms with Gasteiger partial charge in [0, 0.05) is 56.6 Å². The molecule has 0 unspecified atom stereocenters. The number of carbonyl (C=O) groups excluding carboxylic acids is 4. The Balaban J connectivity index is 1.45. The third-order valence-corrected chi connectivity index (χ3v) is 7.87. The highest BCUT2D eigenvalue weighted by Crippen LogP contribution is 2.28. The number of rotatable bonds is 5. The zero-order chi connectivity index (χ0) is 26.7. The SMILES string of the molecule is CN1CCc2nc(C(=O)N[C@@H]3C[C@@H](C(=O)N(C)C)CC[C@H]3NC(=O)C(=O)Nc3ccc(Cl)cn3)sc2C1. The maximum atomic E-state index is 13.2. The van der Waals surface area contributed by atoms with Gasteiger partial charge in [0.2, 0.25) is 5.91 Å². The number of anilines is 1. The molecule has 1 aliphatic carbocycles. The molecule has 13 heteroatoms. The van der Waals surface area contributed by atoms with Crippen molar-refractivity contribution in [2.24, 2.45) is 5.92 Å². The average Bonchev–Trinajstić information content (AvgIpc) is 3.29. The molecule has 2 aliphatic rings. The van der Waals surface area contributed by atoms with E-state index in [0.29, 0.717) is 29.3 Å². The average molecular weight is 548 g/mol. The second-order valence-corrected chi connectivity index (χ2v) is 11.1. The summed E-state index contributed by atoms with van der Waals surface area (Å²) < 4.78 is 0. The lowest BCUT2D eigenvalue weighted by atomic mass is 9.81. The molecule has 3 N–H and O–H groups in total. The van der Waals surface area contributed by atoms with Gasteiger partial charge < -0.3 is 25.8 Å². The van der Waals surface area contributed by atoms with E-state index >= 15 is 0 Å². The summed E-state index contributed by atoms with van der Waals surface area (Å²) in [6.07, 6.45) is 3.42. The summed E-state index contributed by atoms with van der Waals surface area (Å²) in [5.41, 5.74) is 0.940. The number of halogens is 1. The van der Waals surface area contributed by atoms with Crippen molar-refractivity contribution in [1.82, 2.24) is 30.4 Å². The van der Waals surface area contributed by atoms with Gasteiger partial charge in [-0.3, -0.25) is 19.2 Å². The van der Waals surface area contributed by atoms with Gasteiger partial charge in [0.15, 0.2) is 5.01 Å². The van der Waals surface area contributed by atoms with E-state index in [1.54, 1.807) is 20.2 Å². The van der Waals surface area contributed by atoms with Gasteiger partial charge in [-0.05, 0) is 38.4 Å². The molecule has 3 atom stereocenters. The Morgan fingerprint density at radius 2 is 1.89 bits per heavy atom. The van der Waals surface area contributed by atoms with E-state index < -0.39 is 23.9 Å². The Morgan fingerprint density at radius 1 is 1.11 bits per heavy atom. The van der Waals surface area contributed by atoms with Gasteiger partial charge in [-0.1, -0.05) is 11.6 Å². The van der Waals surface area contributed by atoms with Crippen molar-refractivity contribution in [3.63, 3.8) is 0 Å². The third-order valence-electron chi connectivity index (χ3n) is 6.56. The van der Waals surface area contributed by atoms with Crippen LogP contribution in [0.3, 0.4) is 0 Å². The Bertz CT molecular complexity index is 1190. The molecule has 198 valence electrons. The minimum atomic E-state index is -0.886. The van der Waals surface area contributed by atoms with Crippen LogP contribution in [0.4, 0.5) is 5.82 Å². The van der Waals surface area contributed by atoms with E-state index in [2.05, 4.69) is 30.8 Å². The number of carbonyl (C=O) groups is 4. The molecule has 0 saturated heterocycles. The maximum absolute atomic E-state index is 13.2. The van der Waals surface area contributed by atoms with Gasteiger partial charge in [0.25, 0.3) is 5.91 Å². The molecule has 1 saturated carbocycles. The predicted molar refractivity (Wildman–Crippen MR) is 139 cm³/mol. The summed E-state index contributed by atoms with van der Waals surface area (Å²) in [4.78, 5) is 64.3. The van der Waals surface area contributed by atoms with Crippen LogP contribution >= 0.6 is 22.9 Å². The third kappa shape index (κ3) is 6.62. The number of nitrogens with one attached hydrogen (secondary N) is 3. The molecule has 4 amide bonds. The molecule has 11 nitrogen and oxygen atoms in total. The quantitative estimate of drug-likeness (QED) is 0.480. The first-order valence-electron chi connectivity index (χ1n) is 12.0. The van der Waals surface area contributed by atoms with E-state index in [-0.39, 0.29) is 23.6 Å². The number of fused-ring (bicyclic) bond motifs is 1. The summed E-state index contributed by atoms with van der Waals surface area (Å²) in [5.74, 6) is -2.25. The number of pyridine rings is 1. The van der Waals surface area contributed by atoms with Crippen molar-refractivity contribution >= 4 is 52.4 Å². The topological polar surface area (TPSA) is 137 Å². The highest BCUT2D eigenvalue weighted by atomic mass is 35.5. The van der Waals surface area contributed by atoms with Gasteiger partial charge in [-0.2, -0.15) is 0 Å². The smallest absolute Gasteiger partial charge is 0.314 e. The number of thiazole rings is 1. The van der Waals surface area contributed by atoms with Crippen LogP contribution in [0.15, 0.2) is 18.3 Å². The maximum Gasteiger partial charge on any atom is 0.314 e. The highest BCUT2D eigenvalue weighted by Gasteiger charge is 2.37. The van der Waals surface area contributed by atoms with Crippen LogP contribution in [-0.2, 0) is 27.3 Å². The molecular formula is C24H30ClN7O4S. The number of nitrogens with zero attached hydrogens (tertiary/aromatic N) is 4. The highest BCUT2D eigenvalue weighted by molar-refractivity contribution is 7.13. The van der Waals surface area contributed by atoms with Crippen LogP contribution in [0, 0.1) is 5.92 Å². The first-order chi connectivity index (χ1) is 17.6. The van der Waals surface area contributed by atoms with Crippen LogP contribution in [0.1, 0.15) is 39.6 Å². The number of hydrogen-bond donors (Lipinski definition) is 3. The Morgan fingerprint density at radius 3 is 2.59 bits per heavy atom. The van der Waals surface area contributed by atoms with Gasteiger partial charge >= 0.3 is 11.8 Å². The fraction of sp³-hybridized carbons (Fsp3) is 0.500. The molecule has 2 aromatic rings. The van der Waals surface area contributed by atoms with Crippen molar-refractivity contribution in [2.45, 2.75) is 44.3 Å². The van der Waals surface area contributed by atoms with Crippen LogP contribution in [0.5, 0.6) is 0 Å². The Labute approximate surface area is 224 Å². The van der Waals surface area contributed by atoms with Gasteiger partial charge in [0.1, 0.15) is 5.82 Å². The lowest BCUT2D eigenvalue weighted by molar-refractivity contribution is -0.137. The van der Waals surface area contributed by atoms with Crippen LogP contribution in [0.25, 0.3) is 0 Å². The van der Waals surface area contributed by atoms with Crippen molar-refractivity contribution in [3.8, 4) is 0 Å². The van der Waals surface area contributed by atoms with Crippen molar-refractivity contribution in [2.75, 3.05) is 33.0 Å². The second kappa shape index (κ2) is 11.5. The van der Waals surface area contributed by atoms with E-state index in [4.69, 9.17) is 11.6 Å². The molecule has 0 spiro atoms. The zero-order valence-corrected chi connectivity index (χ0v) is 22.5. The van der Waals surface area contributed by atoms with Gasteiger partial charge in [-0.25, -0.2) is 9.97 Å². The molecule has 1 fully saturated rings. The normalized spacial score (nSPS) is 21.5. The minimum Gasteiger partial charge on any atom is -0.349 e. The molecule has 37 heavy (non-hydrogen) atoms. The van der Waals surface area contributed by atoms with Crippen molar-refractivity contribution in [3.05, 3.63) is 38.9 Å². The fourth-order valence-electron chi connectivity index (χ4n) is 4.60. The van der Waals surface area contributed by atoms with E-state index in [1.807, 2.05) is 7.05 Å². The largest absolute Gasteiger partial charge is 0.349 e. The van der Waals surface area contributed by atoms with Crippen LogP contribution < -0.4 is 16.0 Å². The molecule has 0 bridgehead atoms. The fourth-order valence-corrected chi connectivity index (χ4v) is 5.80. The lowest BCUT2D eigenvalue weighted by Crippen LogP contribution is -2.57. The monoisotopic (exact) mass is 547 g/mol. The number of aromatic nitrogens is 2. The second-order valence-electron chi connectivity index (χ2n) is 9.60. The lowest BCUT2D eigenvalue weighted by Gasteiger charge is -2.37. The summed E-state index contributed by atoms with van der Waals surface area (Å²) >= 11 is 7.17. The molecule has 4 rings (SSSR count). The molecule has 1 aliphatic heterocycles. The van der Waals surface area contributed by atoms with E-state index in [1.165, 1.54) is 28.5 Å². The number of hydrogen-bond acceptors (Lipinski definition) is 8. The van der Waals surface area contributed by atoms with Gasteiger partial charge in [0.05, 0.1) is 16.8 Å². The first-order valence-corrected chi connectivity index (χ1v) is 13.2. The minimum absolute atomic E-state index is 0.0386. The van der Waals surface area contributed by atoms with Crippen molar-refractivity contribution in [1.29, 1.82) is 0 Å². The molecular weight excluding hydrogens is 518 g/mol. The van der Waals surface area contributed by atoms with Crippen LogP contribution in [-0.4, -0.2) is 83.2 Å². The number of amides is 4. The zero-order valence-electron chi connectivity index (χ0n) is 20.9. The van der Waals surface area contributed by atoms with Gasteiger partial charge in [-0.15, -0.1) is 11.3 Å². The Kier molecular flexibility index (Phi) is 8.40. The number of likely N-dealkylation sites (N-methyl/N-ethyl adjacent to an activating group) is 1. The summed E-state index contributed by atoms with van der Waals surface area (Å²) in [6.45, 7) is 1.63. The van der Waals surface area contributed by atoms with Crippen LogP contribution in [0.2, 0.25) is 5.02 Å². The van der Waals surface area contributed by atoms with E-state index in [0.717, 1.165) is 30.1 Å². The first kappa shape index (κ1) is 27.0. The molecule has 2 aromatic heterocycles. The predicted octanol–water partition coefficient (Wildman–Crippen LogP) is 1.29. The Hall–Kier alpha value is -3.09.